The van der Waals surface area contributed by atoms with Crippen LogP contribution in [0.15, 0.2) is 47.3 Å². The molecule has 27 heavy (non-hydrogen) atoms. The van der Waals surface area contributed by atoms with E-state index >= 15 is 0 Å². The molecule has 4 rings (SSSR count). The Labute approximate surface area is 157 Å². The summed E-state index contributed by atoms with van der Waals surface area (Å²) in [5.41, 5.74) is 4.41. The molecule has 140 valence electrons. The van der Waals surface area contributed by atoms with Crippen LogP contribution in [0, 0.1) is 0 Å². The number of hydrogen-bond acceptors (Lipinski definition) is 3. The van der Waals surface area contributed by atoms with Gasteiger partial charge in [0.1, 0.15) is 0 Å². The maximum absolute atomic E-state index is 13.0. The predicted octanol–water partition coefficient (Wildman–Crippen LogP) is 2.56. The number of ether oxygens (including phenoxy) is 1. The van der Waals surface area contributed by atoms with Crippen LogP contribution < -0.4 is 5.69 Å². The van der Waals surface area contributed by atoms with Crippen LogP contribution in [-0.2, 0) is 24.2 Å². The molecular formula is C21H23N3O3. The molecule has 2 heterocycles. The summed E-state index contributed by atoms with van der Waals surface area (Å²) < 4.78 is 7.00. The fraction of sp³-hybridized carbons (Fsp3) is 0.333. The van der Waals surface area contributed by atoms with E-state index in [1.165, 1.54) is 11.1 Å². The van der Waals surface area contributed by atoms with Crippen molar-refractivity contribution in [2.75, 3.05) is 19.8 Å². The van der Waals surface area contributed by atoms with Gasteiger partial charge in [-0.2, -0.15) is 0 Å². The number of aromatic nitrogens is 2. The number of carbonyl (C=O) groups excluding carboxylic acids is 1. The van der Waals surface area contributed by atoms with Crippen molar-refractivity contribution in [1.82, 2.24) is 14.5 Å². The first kappa shape index (κ1) is 17.5. The molecule has 0 unspecified atom stereocenters. The van der Waals surface area contributed by atoms with E-state index in [2.05, 4.69) is 17.1 Å². The second-order valence-electron chi connectivity index (χ2n) is 6.76. The van der Waals surface area contributed by atoms with Gasteiger partial charge in [-0.05, 0) is 42.7 Å². The summed E-state index contributed by atoms with van der Waals surface area (Å²) in [4.78, 5) is 29.9. The number of amides is 1. The van der Waals surface area contributed by atoms with Crippen molar-refractivity contribution < 1.29 is 9.53 Å². The van der Waals surface area contributed by atoms with Crippen LogP contribution in [0.3, 0.4) is 0 Å². The van der Waals surface area contributed by atoms with E-state index < -0.39 is 0 Å². The Hall–Kier alpha value is -2.86. The molecule has 1 aromatic heterocycles. The van der Waals surface area contributed by atoms with E-state index in [9.17, 15) is 9.59 Å². The molecule has 3 aromatic rings. The molecule has 1 N–H and O–H groups in total. The summed E-state index contributed by atoms with van der Waals surface area (Å²) in [5.74, 6) is -0.00526. The van der Waals surface area contributed by atoms with Crippen LogP contribution in [0.1, 0.15) is 28.4 Å². The van der Waals surface area contributed by atoms with Crippen molar-refractivity contribution in [1.29, 1.82) is 0 Å². The zero-order valence-electron chi connectivity index (χ0n) is 15.4. The summed E-state index contributed by atoms with van der Waals surface area (Å²) in [6.45, 7) is 4.85. The number of nitrogens with one attached hydrogen (secondary N) is 1. The van der Waals surface area contributed by atoms with Gasteiger partial charge < -0.3 is 14.6 Å². The molecule has 0 saturated carbocycles. The molecule has 0 saturated heterocycles. The van der Waals surface area contributed by atoms with Gasteiger partial charge in [0.05, 0.1) is 24.2 Å². The minimum absolute atomic E-state index is 0.00526. The molecule has 6 nitrogen and oxygen atoms in total. The van der Waals surface area contributed by atoms with Crippen molar-refractivity contribution >= 4 is 16.9 Å². The second-order valence-corrected chi connectivity index (χ2v) is 6.76. The Balaban J connectivity index is 1.57. The molecular weight excluding hydrogens is 342 g/mol. The van der Waals surface area contributed by atoms with E-state index in [1.54, 1.807) is 16.7 Å². The van der Waals surface area contributed by atoms with Crippen molar-refractivity contribution in [3.63, 3.8) is 0 Å². The van der Waals surface area contributed by atoms with Gasteiger partial charge in [0.25, 0.3) is 5.91 Å². The Morgan fingerprint density at radius 3 is 2.81 bits per heavy atom. The number of H-pyrrole nitrogens is 1. The third-order valence-corrected chi connectivity index (χ3v) is 5.10. The first-order valence-electron chi connectivity index (χ1n) is 9.33. The lowest BCUT2D eigenvalue weighted by Gasteiger charge is -2.29. The van der Waals surface area contributed by atoms with Crippen LogP contribution >= 0.6 is 0 Å². The van der Waals surface area contributed by atoms with Crippen molar-refractivity contribution in [2.24, 2.45) is 0 Å². The fourth-order valence-corrected chi connectivity index (χ4v) is 3.67. The zero-order valence-corrected chi connectivity index (χ0v) is 15.4. The number of imidazole rings is 1. The first-order chi connectivity index (χ1) is 13.2. The normalized spacial score (nSPS) is 13.7. The Morgan fingerprint density at radius 1 is 1.19 bits per heavy atom. The Bertz CT molecular complexity index is 1030. The number of nitrogens with zero attached hydrogens (tertiary/aromatic N) is 2. The number of fused-ring (bicyclic) bond motifs is 2. The minimum atomic E-state index is -0.179. The van der Waals surface area contributed by atoms with Gasteiger partial charge in [-0.1, -0.05) is 24.3 Å². The van der Waals surface area contributed by atoms with Gasteiger partial charge in [-0.15, -0.1) is 0 Å². The molecule has 0 aliphatic carbocycles. The quantitative estimate of drug-likeness (QED) is 0.707. The molecule has 0 atom stereocenters. The predicted molar refractivity (Wildman–Crippen MR) is 104 cm³/mol. The number of aromatic amines is 1. The topological polar surface area (TPSA) is 67.3 Å². The van der Waals surface area contributed by atoms with Crippen molar-refractivity contribution in [2.45, 2.75) is 26.4 Å². The van der Waals surface area contributed by atoms with E-state index in [0.717, 1.165) is 11.9 Å². The van der Waals surface area contributed by atoms with E-state index in [-0.39, 0.29) is 11.6 Å². The summed E-state index contributed by atoms with van der Waals surface area (Å²) in [5, 5.41) is 0. The SMILES string of the molecule is CCOCCn1c(=O)[nH]c2cc(C(=O)N3CCc4ccccc4C3)ccc21. The highest BCUT2D eigenvalue weighted by atomic mass is 16.5. The lowest BCUT2D eigenvalue weighted by Crippen LogP contribution is -2.35. The highest BCUT2D eigenvalue weighted by Crippen LogP contribution is 2.21. The highest BCUT2D eigenvalue weighted by Gasteiger charge is 2.22. The number of hydrogen-bond donors (Lipinski definition) is 1. The highest BCUT2D eigenvalue weighted by molar-refractivity contribution is 5.97. The average molecular weight is 365 g/mol. The third kappa shape index (κ3) is 3.40. The third-order valence-electron chi connectivity index (χ3n) is 5.10. The molecule has 2 aromatic carbocycles. The van der Waals surface area contributed by atoms with Gasteiger partial charge in [0.15, 0.2) is 0 Å². The summed E-state index contributed by atoms with van der Waals surface area (Å²) >= 11 is 0. The molecule has 1 aliphatic rings. The van der Waals surface area contributed by atoms with Gasteiger partial charge >= 0.3 is 5.69 Å². The molecule has 1 amide bonds. The maximum Gasteiger partial charge on any atom is 0.326 e. The number of benzene rings is 2. The van der Waals surface area contributed by atoms with Crippen LogP contribution in [-0.4, -0.2) is 40.1 Å². The Morgan fingerprint density at radius 2 is 2.00 bits per heavy atom. The number of carbonyl (C=O) groups is 1. The van der Waals surface area contributed by atoms with Gasteiger partial charge in [0, 0.05) is 25.3 Å². The van der Waals surface area contributed by atoms with Crippen LogP contribution in [0.4, 0.5) is 0 Å². The average Bonchev–Trinajstić information content (AvgIpc) is 3.01. The van der Waals surface area contributed by atoms with Crippen molar-refractivity contribution in [3.05, 3.63) is 69.6 Å². The molecule has 0 bridgehead atoms. The lowest BCUT2D eigenvalue weighted by molar-refractivity contribution is 0.0735. The van der Waals surface area contributed by atoms with Crippen molar-refractivity contribution in [3.8, 4) is 0 Å². The number of rotatable bonds is 5. The summed E-state index contributed by atoms with van der Waals surface area (Å²) in [7, 11) is 0. The lowest BCUT2D eigenvalue weighted by atomic mass is 9.99. The minimum Gasteiger partial charge on any atom is -0.380 e. The largest absolute Gasteiger partial charge is 0.380 e. The summed E-state index contributed by atoms with van der Waals surface area (Å²) in [6, 6.07) is 13.7. The molecule has 0 radical (unpaired) electrons. The zero-order chi connectivity index (χ0) is 18.8. The fourth-order valence-electron chi connectivity index (χ4n) is 3.67. The molecule has 6 heteroatoms. The van der Waals surface area contributed by atoms with Gasteiger partial charge in [0.2, 0.25) is 0 Å². The first-order valence-corrected chi connectivity index (χ1v) is 9.33. The van der Waals surface area contributed by atoms with Crippen LogP contribution in [0.25, 0.3) is 11.0 Å². The van der Waals surface area contributed by atoms with Crippen LogP contribution in [0.2, 0.25) is 0 Å². The molecule has 1 aliphatic heterocycles. The second kappa shape index (κ2) is 7.40. The standard InChI is InChI=1S/C21H23N3O3/c1-2-27-12-11-24-19-8-7-16(13-18(19)22-21(24)26)20(25)23-10-9-15-5-3-4-6-17(15)14-23/h3-8,13H,2,9-12,14H2,1H3,(H,22,26). The van der Waals surface area contributed by atoms with E-state index in [0.29, 0.717) is 43.9 Å². The molecule has 0 fully saturated rings. The maximum atomic E-state index is 13.0. The van der Waals surface area contributed by atoms with Gasteiger partial charge in [-0.25, -0.2) is 4.79 Å². The van der Waals surface area contributed by atoms with Crippen LogP contribution in [0.5, 0.6) is 0 Å². The van der Waals surface area contributed by atoms with Gasteiger partial charge in [-0.3, -0.25) is 9.36 Å². The summed E-state index contributed by atoms with van der Waals surface area (Å²) in [6.07, 6.45) is 0.870. The Kier molecular flexibility index (Phi) is 4.81. The van der Waals surface area contributed by atoms with E-state index in [1.807, 2.05) is 30.0 Å². The van der Waals surface area contributed by atoms with E-state index in [4.69, 9.17) is 4.74 Å². The monoisotopic (exact) mass is 365 g/mol. The smallest absolute Gasteiger partial charge is 0.326 e. The molecule has 0 spiro atoms.